The van der Waals surface area contributed by atoms with Crippen LogP contribution in [-0.4, -0.2) is 44.2 Å². The molecule has 0 saturated heterocycles. The van der Waals surface area contributed by atoms with Crippen LogP contribution in [0.4, 0.5) is 0 Å². The number of carbonyl (C=O) groups is 1. The number of ether oxygens (including phenoxy) is 1. The summed E-state index contributed by atoms with van der Waals surface area (Å²) in [4.78, 5) is 10.9. The Kier molecular flexibility index (Phi) is 9.58. The molecule has 0 aromatic rings. The van der Waals surface area contributed by atoms with Crippen LogP contribution in [0.3, 0.4) is 0 Å². The predicted molar refractivity (Wildman–Crippen MR) is 80.9 cm³/mol. The Hall–Kier alpha value is -0.830. The van der Waals surface area contributed by atoms with Crippen LogP contribution >= 0.6 is 0 Å². The molecule has 0 rings (SSSR count). The molecule has 0 aliphatic rings. The van der Waals surface area contributed by atoms with E-state index in [9.17, 15) is 4.79 Å². The van der Waals surface area contributed by atoms with E-state index in [0.717, 1.165) is 23.5 Å². The van der Waals surface area contributed by atoms with Crippen LogP contribution in [0.5, 0.6) is 0 Å². The number of likely N-dealkylation sites (N-methyl/N-ethyl adjacent to an activating group) is 1. The fourth-order valence-corrected chi connectivity index (χ4v) is 2.23. The van der Waals surface area contributed by atoms with Gasteiger partial charge in [0.05, 0.1) is 20.6 Å². The molecule has 0 aromatic heterocycles. The molecule has 3 heteroatoms. The normalized spacial score (nSPS) is 13.1. The van der Waals surface area contributed by atoms with E-state index < -0.39 is 0 Å². The predicted octanol–water partition coefficient (Wildman–Crippen LogP) is 3.40. The third kappa shape index (κ3) is 10.8. The van der Waals surface area contributed by atoms with Crippen molar-refractivity contribution in [2.75, 3.05) is 33.8 Å². The van der Waals surface area contributed by atoms with Crippen molar-refractivity contribution in [3.63, 3.8) is 0 Å². The molecule has 0 aliphatic heterocycles. The van der Waals surface area contributed by atoms with Gasteiger partial charge in [-0.25, -0.2) is 4.79 Å². The lowest BCUT2D eigenvalue weighted by Crippen LogP contribution is -2.43. The number of hydrogen-bond donors (Lipinski definition) is 0. The highest BCUT2D eigenvalue weighted by molar-refractivity contribution is 5.81. The number of carbonyl (C=O) groups excluding carboxylic acids is 1. The average molecular weight is 270 g/mol. The molecule has 0 amide bonds. The van der Waals surface area contributed by atoms with Gasteiger partial charge in [-0.15, -0.1) is 0 Å². The maximum absolute atomic E-state index is 10.9. The summed E-state index contributed by atoms with van der Waals surface area (Å²) in [5.41, 5.74) is 0. The van der Waals surface area contributed by atoms with Gasteiger partial charge in [-0.1, -0.05) is 39.7 Å². The van der Waals surface area contributed by atoms with Crippen molar-refractivity contribution in [2.45, 2.75) is 46.0 Å². The summed E-state index contributed by atoms with van der Waals surface area (Å²) in [5, 5.41) is 0. The summed E-state index contributed by atoms with van der Waals surface area (Å²) in [7, 11) is 4.38. The third-order valence-electron chi connectivity index (χ3n) is 3.60. The summed E-state index contributed by atoms with van der Waals surface area (Å²) in [6.45, 7) is 10.5. The average Bonchev–Trinajstić information content (AvgIpc) is 2.34. The molecule has 1 unspecified atom stereocenters. The van der Waals surface area contributed by atoms with E-state index in [4.69, 9.17) is 4.74 Å². The maximum atomic E-state index is 10.9. The molecule has 19 heavy (non-hydrogen) atoms. The number of hydrogen-bond acceptors (Lipinski definition) is 2. The molecular weight excluding hydrogens is 238 g/mol. The Bertz CT molecular complexity index is 261. The maximum Gasteiger partial charge on any atom is 0.330 e. The largest absolute Gasteiger partial charge is 0.457 e. The van der Waals surface area contributed by atoms with Gasteiger partial charge < -0.3 is 9.22 Å². The summed E-state index contributed by atoms with van der Waals surface area (Å²) < 4.78 is 5.94. The summed E-state index contributed by atoms with van der Waals surface area (Å²) in [6.07, 6.45) is 7.73. The van der Waals surface area contributed by atoms with Crippen molar-refractivity contribution in [3.05, 3.63) is 12.7 Å². The van der Waals surface area contributed by atoms with Crippen molar-refractivity contribution in [2.24, 2.45) is 5.92 Å². The lowest BCUT2D eigenvalue weighted by atomic mass is 9.99. The number of rotatable bonds is 11. The van der Waals surface area contributed by atoms with Crippen molar-refractivity contribution in [1.29, 1.82) is 0 Å². The third-order valence-corrected chi connectivity index (χ3v) is 3.60. The Balaban J connectivity index is 3.66. The van der Waals surface area contributed by atoms with E-state index >= 15 is 0 Å². The quantitative estimate of drug-likeness (QED) is 0.249. The van der Waals surface area contributed by atoms with Crippen molar-refractivity contribution < 1.29 is 14.0 Å². The molecular formula is C16H32NO2+. The molecule has 112 valence electrons. The molecule has 0 spiro atoms. The van der Waals surface area contributed by atoms with E-state index in [1.165, 1.54) is 38.2 Å². The van der Waals surface area contributed by atoms with Gasteiger partial charge in [-0.3, -0.25) is 0 Å². The second-order valence-corrected chi connectivity index (χ2v) is 6.14. The number of unbranched alkanes of at least 4 members (excludes halogenated alkanes) is 1. The van der Waals surface area contributed by atoms with E-state index in [1.54, 1.807) is 0 Å². The van der Waals surface area contributed by atoms with E-state index in [2.05, 4.69) is 34.5 Å². The first-order valence-electron chi connectivity index (χ1n) is 7.52. The highest BCUT2D eigenvalue weighted by atomic mass is 16.5. The number of nitrogens with zero attached hydrogens (tertiary/aromatic N) is 1. The smallest absolute Gasteiger partial charge is 0.330 e. The van der Waals surface area contributed by atoms with E-state index in [-0.39, 0.29) is 5.97 Å². The standard InChI is InChI=1S/C16H32NO2/c1-6-10-15(3)11-8-9-12-17(4,5)13-14-19-16(18)7-2/h7,15H,2,6,8-14H2,1,3-5H3/q+1. The minimum Gasteiger partial charge on any atom is -0.457 e. The van der Waals surface area contributed by atoms with Gasteiger partial charge in [0.25, 0.3) is 0 Å². The van der Waals surface area contributed by atoms with Crippen LogP contribution in [0.25, 0.3) is 0 Å². The second-order valence-electron chi connectivity index (χ2n) is 6.14. The fraction of sp³-hybridized carbons (Fsp3) is 0.812. The molecule has 0 fully saturated rings. The topological polar surface area (TPSA) is 26.3 Å². The Morgan fingerprint density at radius 3 is 2.53 bits per heavy atom. The van der Waals surface area contributed by atoms with Gasteiger partial charge in [-0.05, 0) is 18.8 Å². The SMILES string of the molecule is C=CC(=O)OCC[N+](C)(C)CCCCC(C)CCC. The van der Waals surface area contributed by atoms with Gasteiger partial charge in [-0.2, -0.15) is 0 Å². The zero-order valence-corrected chi connectivity index (χ0v) is 13.3. The molecule has 1 atom stereocenters. The van der Waals surface area contributed by atoms with Crippen LogP contribution in [-0.2, 0) is 9.53 Å². The van der Waals surface area contributed by atoms with Gasteiger partial charge >= 0.3 is 5.97 Å². The number of quaternary nitrogens is 1. The summed E-state index contributed by atoms with van der Waals surface area (Å²) >= 11 is 0. The van der Waals surface area contributed by atoms with Gasteiger partial charge in [0.1, 0.15) is 13.2 Å². The lowest BCUT2D eigenvalue weighted by molar-refractivity contribution is -0.890. The van der Waals surface area contributed by atoms with Gasteiger partial charge in [0.2, 0.25) is 0 Å². The molecule has 0 N–H and O–H groups in total. The molecule has 0 bridgehead atoms. The first-order valence-corrected chi connectivity index (χ1v) is 7.52. The highest BCUT2D eigenvalue weighted by Gasteiger charge is 2.15. The van der Waals surface area contributed by atoms with Crippen LogP contribution in [0.2, 0.25) is 0 Å². The van der Waals surface area contributed by atoms with Crippen LogP contribution < -0.4 is 0 Å². The highest BCUT2D eigenvalue weighted by Crippen LogP contribution is 2.14. The minimum atomic E-state index is -0.326. The van der Waals surface area contributed by atoms with E-state index in [1.807, 2.05) is 0 Å². The molecule has 0 aliphatic carbocycles. The first kappa shape index (κ1) is 18.2. The number of esters is 1. The molecule has 3 nitrogen and oxygen atoms in total. The van der Waals surface area contributed by atoms with Crippen molar-refractivity contribution in [1.82, 2.24) is 0 Å². The zero-order chi connectivity index (χ0) is 14.7. The first-order chi connectivity index (χ1) is 8.91. The van der Waals surface area contributed by atoms with E-state index in [0.29, 0.717) is 6.61 Å². The van der Waals surface area contributed by atoms with Crippen LogP contribution in [0.1, 0.15) is 46.0 Å². The minimum absolute atomic E-state index is 0.326. The van der Waals surface area contributed by atoms with Gasteiger partial charge in [0, 0.05) is 6.08 Å². The Labute approximate surface area is 119 Å². The zero-order valence-electron chi connectivity index (χ0n) is 13.3. The van der Waals surface area contributed by atoms with Crippen LogP contribution in [0.15, 0.2) is 12.7 Å². The molecule has 0 radical (unpaired) electrons. The summed E-state index contributed by atoms with van der Waals surface area (Å²) in [5.74, 6) is 0.530. The monoisotopic (exact) mass is 270 g/mol. The lowest BCUT2D eigenvalue weighted by Gasteiger charge is -2.29. The second kappa shape index (κ2) is 10.0. The van der Waals surface area contributed by atoms with Gasteiger partial charge in [0.15, 0.2) is 0 Å². The summed E-state index contributed by atoms with van der Waals surface area (Å²) in [6, 6.07) is 0. The molecule has 0 aromatic carbocycles. The Morgan fingerprint density at radius 2 is 1.95 bits per heavy atom. The van der Waals surface area contributed by atoms with Crippen LogP contribution in [0, 0.1) is 5.92 Å². The molecule has 0 saturated carbocycles. The van der Waals surface area contributed by atoms with Crippen molar-refractivity contribution in [3.8, 4) is 0 Å². The fourth-order valence-electron chi connectivity index (χ4n) is 2.23. The molecule has 0 heterocycles. The Morgan fingerprint density at radius 1 is 1.26 bits per heavy atom. The van der Waals surface area contributed by atoms with Crippen molar-refractivity contribution >= 4 is 5.97 Å².